The van der Waals surface area contributed by atoms with Gasteiger partial charge in [0.15, 0.2) is 9.84 Å². The van der Waals surface area contributed by atoms with Gasteiger partial charge in [-0.15, -0.1) is 0 Å². The number of halogens is 1. The van der Waals surface area contributed by atoms with Gasteiger partial charge in [0, 0.05) is 30.4 Å². The van der Waals surface area contributed by atoms with Crippen molar-refractivity contribution in [2.75, 3.05) is 21.4 Å². The van der Waals surface area contributed by atoms with E-state index in [9.17, 15) is 13.2 Å². The summed E-state index contributed by atoms with van der Waals surface area (Å²) in [7, 11) is -3.58. The number of sulfone groups is 1. The fourth-order valence-electron chi connectivity index (χ4n) is 4.92. The van der Waals surface area contributed by atoms with Gasteiger partial charge in [-0.3, -0.25) is 9.69 Å². The minimum absolute atomic E-state index is 0.0209. The van der Waals surface area contributed by atoms with E-state index < -0.39 is 21.2 Å². The summed E-state index contributed by atoms with van der Waals surface area (Å²) in [5.74, 6) is 0.281. The molecule has 8 nitrogen and oxygen atoms in total. The van der Waals surface area contributed by atoms with E-state index in [1.807, 2.05) is 81.4 Å². The highest BCUT2D eigenvalue weighted by molar-refractivity contribution is 7.90. The van der Waals surface area contributed by atoms with E-state index in [0.29, 0.717) is 30.3 Å². The second kappa shape index (κ2) is 10.9. The molecule has 0 fully saturated rings. The molecule has 212 valence electrons. The number of fused-ring (bicyclic) bond motifs is 1. The lowest BCUT2D eigenvalue weighted by atomic mass is 10.1. The van der Waals surface area contributed by atoms with Crippen molar-refractivity contribution in [1.29, 1.82) is 0 Å². The quantitative estimate of drug-likeness (QED) is 0.291. The molecule has 1 aliphatic heterocycles. The Hall–Kier alpha value is -4.31. The minimum atomic E-state index is -3.58. The van der Waals surface area contributed by atoms with Gasteiger partial charge in [-0.1, -0.05) is 60.7 Å². The van der Waals surface area contributed by atoms with E-state index >= 15 is 4.39 Å². The first kappa shape index (κ1) is 28.2. The van der Waals surface area contributed by atoms with Gasteiger partial charge in [-0.2, -0.15) is 9.97 Å². The van der Waals surface area contributed by atoms with Crippen LogP contribution in [0.15, 0.2) is 83.8 Å². The number of rotatable bonds is 8. The number of hydrogen-bond donors (Lipinski definition) is 1. The van der Waals surface area contributed by atoms with Crippen molar-refractivity contribution < 1.29 is 17.6 Å². The third kappa shape index (κ3) is 6.22. The van der Waals surface area contributed by atoms with E-state index in [0.717, 1.165) is 23.4 Å². The van der Waals surface area contributed by atoms with Crippen molar-refractivity contribution in [1.82, 2.24) is 9.97 Å². The topological polar surface area (TPSA) is 95.5 Å². The number of carbonyl (C=O) groups is 1. The lowest BCUT2D eigenvalue weighted by Gasteiger charge is -2.32. The SMILES string of the molecule is CC(C)(C)N1C(=O)Cc2c(N(Cc3ccccc3)Cc3ccccc3)nc(Nc3ccc(S(C)(=O)=O)cc3F)nc21. The zero-order chi connectivity index (χ0) is 29.4. The summed E-state index contributed by atoms with van der Waals surface area (Å²) < 4.78 is 38.9. The van der Waals surface area contributed by atoms with E-state index in [2.05, 4.69) is 15.2 Å². The van der Waals surface area contributed by atoms with Crippen molar-refractivity contribution in [3.63, 3.8) is 0 Å². The molecule has 1 aliphatic rings. The Morgan fingerprint density at radius 1 is 0.927 bits per heavy atom. The van der Waals surface area contributed by atoms with Gasteiger partial charge in [0.05, 0.1) is 17.0 Å². The van der Waals surface area contributed by atoms with Crippen molar-refractivity contribution >= 4 is 39.0 Å². The fraction of sp³-hybridized carbons (Fsp3) is 0.258. The number of anilines is 4. The van der Waals surface area contributed by atoms with Crippen LogP contribution < -0.4 is 15.1 Å². The fourth-order valence-corrected chi connectivity index (χ4v) is 5.56. The maximum absolute atomic E-state index is 15.0. The van der Waals surface area contributed by atoms with Gasteiger partial charge in [0.1, 0.15) is 17.5 Å². The molecule has 1 aromatic heterocycles. The van der Waals surface area contributed by atoms with Gasteiger partial charge >= 0.3 is 0 Å². The predicted molar refractivity (Wildman–Crippen MR) is 159 cm³/mol. The molecule has 5 rings (SSSR count). The summed E-state index contributed by atoms with van der Waals surface area (Å²) >= 11 is 0. The molecule has 10 heteroatoms. The zero-order valence-corrected chi connectivity index (χ0v) is 24.2. The number of amides is 1. The van der Waals surface area contributed by atoms with E-state index in [-0.39, 0.29) is 28.9 Å². The van der Waals surface area contributed by atoms with Gasteiger partial charge < -0.3 is 10.2 Å². The van der Waals surface area contributed by atoms with Crippen LogP contribution in [-0.4, -0.2) is 36.1 Å². The Balaban J connectivity index is 1.64. The molecule has 0 radical (unpaired) electrons. The van der Waals surface area contributed by atoms with Crippen LogP contribution in [0, 0.1) is 5.82 Å². The van der Waals surface area contributed by atoms with Crippen LogP contribution in [0.3, 0.4) is 0 Å². The first-order valence-electron chi connectivity index (χ1n) is 13.2. The number of aromatic nitrogens is 2. The molecular formula is C31H32FN5O3S. The summed E-state index contributed by atoms with van der Waals surface area (Å²) in [6.45, 7) is 6.83. The first-order chi connectivity index (χ1) is 19.4. The molecule has 0 saturated heterocycles. The molecule has 2 heterocycles. The van der Waals surface area contributed by atoms with Crippen LogP contribution >= 0.6 is 0 Å². The van der Waals surface area contributed by atoms with Gasteiger partial charge in [0.2, 0.25) is 11.9 Å². The molecule has 0 unspecified atom stereocenters. The van der Waals surface area contributed by atoms with Gasteiger partial charge in [0.25, 0.3) is 0 Å². The Labute approximate surface area is 239 Å². The highest BCUT2D eigenvalue weighted by atomic mass is 32.2. The minimum Gasteiger partial charge on any atom is -0.347 e. The second-order valence-corrected chi connectivity index (χ2v) is 13.1. The number of carbonyl (C=O) groups excluding carboxylic acids is 1. The standard InChI is InChI=1S/C31H32FN5O3S/c1-31(2,3)37-27(38)18-24-28(36(19-21-11-7-5-8-12-21)20-22-13-9-6-10-14-22)34-30(35-29(24)37)33-26-16-15-23(17-25(26)32)41(4,39)40/h5-17H,18-20H2,1-4H3,(H,33,34,35). The summed E-state index contributed by atoms with van der Waals surface area (Å²) in [4.78, 5) is 26.5. The van der Waals surface area contributed by atoms with Gasteiger partial charge in [-0.25, -0.2) is 12.8 Å². The molecule has 0 atom stereocenters. The van der Waals surface area contributed by atoms with Crippen LogP contribution in [0.5, 0.6) is 0 Å². The maximum Gasteiger partial charge on any atom is 0.233 e. The molecule has 41 heavy (non-hydrogen) atoms. The molecule has 0 spiro atoms. The average molecular weight is 574 g/mol. The van der Waals surface area contributed by atoms with Crippen LogP contribution in [0.25, 0.3) is 0 Å². The summed E-state index contributed by atoms with van der Waals surface area (Å²) in [5, 5.41) is 2.93. The van der Waals surface area contributed by atoms with E-state index in [1.54, 1.807) is 4.90 Å². The maximum atomic E-state index is 15.0. The highest BCUT2D eigenvalue weighted by Gasteiger charge is 2.40. The average Bonchev–Trinajstić information content (AvgIpc) is 3.26. The molecule has 1 N–H and O–H groups in total. The molecular weight excluding hydrogens is 541 g/mol. The lowest BCUT2D eigenvalue weighted by molar-refractivity contribution is -0.118. The highest BCUT2D eigenvalue weighted by Crippen LogP contribution is 2.40. The zero-order valence-electron chi connectivity index (χ0n) is 23.4. The summed E-state index contributed by atoms with van der Waals surface area (Å²) in [5.41, 5.74) is 2.29. The predicted octanol–water partition coefficient (Wildman–Crippen LogP) is 5.66. The number of hydrogen-bond acceptors (Lipinski definition) is 7. The van der Waals surface area contributed by atoms with E-state index in [1.165, 1.54) is 12.1 Å². The Morgan fingerprint density at radius 3 is 2.02 bits per heavy atom. The van der Waals surface area contributed by atoms with E-state index in [4.69, 9.17) is 4.98 Å². The Kier molecular flexibility index (Phi) is 7.52. The second-order valence-electron chi connectivity index (χ2n) is 11.1. The van der Waals surface area contributed by atoms with Crippen molar-refractivity contribution in [3.8, 4) is 0 Å². The number of nitrogens with zero attached hydrogens (tertiary/aromatic N) is 4. The van der Waals surface area contributed by atoms with Crippen LogP contribution in [0.2, 0.25) is 0 Å². The number of nitrogens with one attached hydrogen (secondary N) is 1. The van der Waals surface area contributed by atoms with Crippen LogP contribution in [0.4, 0.5) is 27.7 Å². The molecule has 1 amide bonds. The smallest absolute Gasteiger partial charge is 0.233 e. The normalized spacial score (nSPS) is 13.3. The van der Waals surface area contributed by atoms with Crippen molar-refractivity contribution in [2.24, 2.45) is 0 Å². The third-order valence-corrected chi connectivity index (χ3v) is 7.88. The molecule has 0 bridgehead atoms. The summed E-state index contributed by atoms with van der Waals surface area (Å²) in [6.07, 6.45) is 1.16. The van der Waals surface area contributed by atoms with Crippen LogP contribution in [0.1, 0.15) is 37.5 Å². The molecule has 4 aromatic rings. The first-order valence-corrected chi connectivity index (χ1v) is 15.1. The summed E-state index contributed by atoms with van der Waals surface area (Å²) in [6, 6.07) is 23.6. The monoisotopic (exact) mass is 573 g/mol. The van der Waals surface area contributed by atoms with Crippen molar-refractivity contribution in [2.45, 2.75) is 50.7 Å². The largest absolute Gasteiger partial charge is 0.347 e. The third-order valence-electron chi connectivity index (χ3n) is 6.77. The van der Waals surface area contributed by atoms with Crippen LogP contribution in [-0.2, 0) is 34.1 Å². The molecule has 0 saturated carbocycles. The van der Waals surface area contributed by atoms with Crippen molar-refractivity contribution in [3.05, 3.63) is 101 Å². The Bertz CT molecular complexity index is 1650. The molecule has 0 aliphatic carbocycles. The Morgan fingerprint density at radius 2 is 1.51 bits per heavy atom. The van der Waals surface area contributed by atoms with Gasteiger partial charge in [-0.05, 0) is 50.1 Å². The molecule has 3 aromatic carbocycles. The number of benzene rings is 3. The lowest BCUT2D eigenvalue weighted by Crippen LogP contribution is -2.44.